The van der Waals surface area contributed by atoms with Crippen LogP contribution in [0.2, 0.25) is 5.02 Å². The summed E-state index contributed by atoms with van der Waals surface area (Å²) in [7, 11) is 0. The fraction of sp³-hybridized carbons (Fsp3) is 0.588. The van der Waals surface area contributed by atoms with Crippen molar-refractivity contribution in [3.63, 3.8) is 0 Å². The van der Waals surface area contributed by atoms with Gasteiger partial charge in [0, 0.05) is 5.02 Å². The molecule has 0 bridgehead atoms. The monoisotopic (exact) mass is 308 g/mol. The zero-order valence-electron chi connectivity index (χ0n) is 12.1. The van der Waals surface area contributed by atoms with Crippen LogP contribution >= 0.6 is 11.6 Å². The van der Waals surface area contributed by atoms with Crippen molar-refractivity contribution in [3.8, 4) is 5.75 Å². The maximum atomic E-state index is 11.9. The van der Waals surface area contributed by atoms with Crippen LogP contribution in [-0.4, -0.2) is 17.7 Å². The molecule has 0 saturated heterocycles. The summed E-state index contributed by atoms with van der Waals surface area (Å²) in [4.78, 5) is 11.9. The van der Waals surface area contributed by atoms with E-state index in [0.717, 1.165) is 24.8 Å². The highest BCUT2D eigenvalue weighted by Crippen LogP contribution is 2.42. The number of halogens is 1. The van der Waals surface area contributed by atoms with E-state index in [1.165, 1.54) is 12.8 Å². The first-order chi connectivity index (χ1) is 10.1. The number of benzene rings is 1. The molecule has 114 valence electrons. The molecular weight excluding hydrogens is 288 g/mol. The van der Waals surface area contributed by atoms with E-state index in [4.69, 9.17) is 16.3 Å². The number of rotatable bonds is 5. The quantitative estimate of drug-likeness (QED) is 0.876. The largest absolute Gasteiger partial charge is 0.493 e. The van der Waals surface area contributed by atoms with Crippen molar-refractivity contribution in [2.24, 2.45) is 5.92 Å². The molecule has 0 radical (unpaired) electrons. The van der Waals surface area contributed by atoms with Crippen molar-refractivity contribution >= 4 is 17.6 Å². The van der Waals surface area contributed by atoms with E-state index in [1.807, 2.05) is 6.07 Å². The Balaban J connectivity index is 1.89. The first kappa shape index (κ1) is 14.7. The van der Waals surface area contributed by atoms with Crippen molar-refractivity contribution < 1.29 is 14.6 Å². The number of aliphatic carboxylic acids is 1. The van der Waals surface area contributed by atoms with Gasteiger partial charge in [0.15, 0.2) is 0 Å². The minimum atomic E-state index is -0.791. The van der Waals surface area contributed by atoms with Crippen LogP contribution in [0.15, 0.2) is 18.2 Å². The Morgan fingerprint density at radius 2 is 1.95 bits per heavy atom. The molecule has 0 aliphatic heterocycles. The third kappa shape index (κ3) is 3.18. The van der Waals surface area contributed by atoms with Crippen molar-refractivity contribution in [2.75, 3.05) is 6.61 Å². The van der Waals surface area contributed by atoms with Crippen LogP contribution in [0.25, 0.3) is 0 Å². The Labute approximate surface area is 130 Å². The summed E-state index contributed by atoms with van der Waals surface area (Å²) in [6.07, 6.45) is 6.85. The highest BCUT2D eigenvalue weighted by atomic mass is 35.5. The van der Waals surface area contributed by atoms with Crippen LogP contribution in [0.4, 0.5) is 0 Å². The minimum Gasteiger partial charge on any atom is -0.493 e. The molecule has 21 heavy (non-hydrogen) atoms. The van der Waals surface area contributed by atoms with Gasteiger partial charge in [-0.15, -0.1) is 0 Å². The number of carbonyl (C=O) groups is 1. The first-order valence-electron chi connectivity index (χ1n) is 7.77. The van der Waals surface area contributed by atoms with Crippen LogP contribution < -0.4 is 4.74 Å². The van der Waals surface area contributed by atoms with Crippen molar-refractivity contribution in [2.45, 2.75) is 50.4 Å². The normalized spacial score (nSPS) is 21.0. The SMILES string of the molecule is O=C(O)C1(c2cc(Cl)cc(OCC3CC3)c2)CCCCC1. The van der Waals surface area contributed by atoms with E-state index < -0.39 is 11.4 Å². The molecule has 2 aliphatic carbocycles. The van der Waals surface area contributed by atoms with E-state index in [2.05, 4.69) is 0 Å². The molecule has 2 aliphatic rings. The molecule has 1 N–H and O–H groups in total. The summed E-state index contributed by atoms with van der Waals surface area (Å²) >= 11 is 6.19. The number of ether oxygens (including phenoxy) is 1. The summed E-state index contributed by atoms with van der Waals surface area (Å²) < 4.78 is 5.79. The predicted molar refractivity (Wildman–Crippen MR) is 82.1 cm³/mol. The van der Waals surface area contributed by atoms with E-state index in [0.29, 0.717) is 36.1 Å². The van der Waals surface area contributed by atoms with Crippen molar-refractivity contribution in [1.82, 2.24) is 0 Å². The highest BCUT2D eigenvalue weighted by molar-refractivity contribution is 6.30. The Morgan fingerprint density at radius 3 is 2.57 bits per heavy atom. The summed E-state index contributed by atoms with van der Waals surface area (Å²) in [5.41, 5.74) is 0.00824. The molecule has 0 aromatic heterocycles. The summed E-state index contributed by atoms with van der Waals surface area (Å²) in [5, 5.41) is 10.3. The Morgan fingerprint density at radius 1 is 1.24 bits per heavy atom. The second kappa shape index (κ2) is 5.88. The van der Waals surface area contributed by atoms with Gasteiger partial charge in [-0.3, -0.25) is 4.79 Å². The van der Waals surface area contributed by atoms with E-state index in [1.54, 1.807) is 12.1 Å². The number of hydrogen-bond acceptors (Lipinski definition) is 2. The van der Waals surface area contributed by atoms with Crippen LogP contribution in [-0.2, 0) is 10.2 Å². The van der Waals surface area contributed by atoms with Gasteiger partial charge >= 0.3 is 5.97 Å². The lowest BCUT2D eigenvalue weighted by molar-refractivity contribution is -0.145. The fourth-order valence-corrected chi connectivity index (χ4v) is 3.43. The third-order valence-corrected chi connectivity index (χ3v) is 4.94. The van der Waals surface area contributed by atoms with E-state index in [-0.39, 0.29) is 0 Å². The molecule has 0 unspecified atom stereocenters. The summed E-state index contributed by atoms with van der Waals surface area (Å²) in [5.74, 6) is 0.628. The zero-order valence-corrected chi connectivity index (χ0v) is 12.9. The Hall–Kier alpha value is -1.22. The summed E-state index contributed by atoms with van der Waals surface area (Å²) in [6, 6.07) is 5.46. The van der Waals surface area contributed by atoms with Crippen molar-refractivity contribution in [1.29, 1.82) is 0 Å². The van der Waals surface area contributed by atoms with Gasteiger partial charge in [0.1, 0.15) is 5.75 Å². The molecule has 1 aromatic carbocycles. The number of carboxylic acids is 1. The second-order valence-electron chi connectivity index (χ2n) is 6.38. The van der Waals surface area contributed by atoms with Crippen LogP contribution in [0.1, 0.15) is 50.5 Å². The van der Waals surface area contributed by atoms with Gasteiger partial charge in [0.25, 0.3) is 0 Å². The molecule has 0 amide bonds. The number of carboxylic acid groups (broad SMARTS) is 1. The smallest absolute Gasteiger partial charge is 0.314 e. The molecule has 3 rings (SSSR count). The van der Waals surface area contributed by atoms with Gasteiger partial charge in [0.05, 0.1) is 12.0 Å². The maximum Gasteiger partial charge on any atom is 0.314 e. The average molecular weight is 309 g/mol. The summed E-state index contributed by atoms with van der Waals surface area (Å²) in [6.45, 7) is 0.708. The molecule has 4 heteroatoms. The Bertz CT molecular complexity index is 531. The lowest BCUT2D eigenvalue weighted by Gasteiger charge is -2.34. The molecule has 0 spiro atoms. The lowest BCUT2D eigenvalue weighted by Crippen LogP contribution is -2.37. The average Bonchev–Trinajstić information content (AvgIpc) is 3.29. The Kier molecular flexibility index (Phi) is 4.12. The molecule has 2 saturated carbocycles. The van der Waals surface area contributed by atoms with Crippen LogP contribution in [0.5, 0.6) is 5.75 Å². The van der Waals surface area contributed by atoms with E-state index >= 15 is 0 Å². The molecule has 0 atom stereocenters. The second-order valence-corrected chi connectivity index (χ2v) is 6.81. The van der Waals surface area contributed by atoms with Gasteiger partial charge < -0.3 is 9.84 Å². The molecule has 1 aromatic rings. The molecule has 0 heterocycles. The fourth-order valence-electron chi connectivity index (χ4n) is 3.20. The van der Waals surface area contributed by atoms with Crippen LogP contribution in [0, 0.1) is 5.92 Å². The minimum absolute atomic E-state index is 0.560. The molecule has 3 nitrogen and oxygen atoms in total. The topological polar surface area (TPSA) is 46.5 Å². The van der Waals surface area contributed by atoms with Crippen molar-refractivity contribution in [3.05, 3.63) is 28.8 Å². The van der Waals surface area contributed by atoms with Gasteiger partial charge in [0.2, 0.25) is 0 Å². The van der Waals surface area contributed by atoms with Gasteiger partial charge in [-0.1, -0.05) is 30.9 Å². The molecular formula is C17H21ClO3. The van der Waals surface area contributed by atoms with Crippen LogP contribution in [0.3, 0.4) is 0 Å². The molecule has 2 fully saturated rings. The van der Waals surface area contributed by atoms with E-state index in [9.17, 15) is 9.90 Å². The lowest BCUT2D eigenvalue weighted by atomic mass is 9.69. The third-order valence-electron chi connectivity index (χ3n) is 4.72. The maximum absolute atomic E-state index is 11.9. The van der Waals surface area contributed by atoms with Gasteiger partial charge in [-0.2, -0.15) is 0 Å². The predicted octanol–water partition coefficient (Wildman–Crippen LogP) is 4.42. The first-order valence-corrected chi connectivity index (χ1v) is 8.15. The van der Waals surface area contributed by atoms with Gasteiger partial charge in [-0.25, -0.2) is 0 Å². The van der Waals surface area contributed by atoms with Gasteiger partial charge in [-0.05, 0) is 55.4 Å². The highest BCUT2D eigenvalue weighted by Gasteiger charge is 2.41. The standard InChI is InChI=1S/C17H21ClO3/c18-14-8-13(9-15(10-14)21-11-12-4-5-12)17(16(19)20)6-2-1-3-7-17/h8-10,12H,1-7,11H2,(H,19,20). The number of hydrogen-bond donors (Lipinski definition) is 1. The zero-order chi connectivity index (χ0) is 14.9.